The van der Waals surface area contributed by atoms with Crippen LogP contribution in [0.1, 0.15) is 32.1 Å². The van der Waals surface area contributed by atoms with Crippen molar-refractivity contribution in [2.75, 3.05) is 18.0 Å². The minimum Gasteiger partial charge on any atom is -0.342 e. The van der Waals surface area contributed by atoms with Crippen LogP contribution in [0.15, 0.2) is 52.6 Å². The van der Waals surface area contributed by atoms with Crippen LogP contribution in [0.5, 0.6) is 0 Å². The van der Waals surface area contributed by atoms with Crippen molar-refractivity contribution in [3.63, 3.8) is 0 Å². The van der Waals surface area contributed by atoms with Crippen molar-refractivity contribution < 1.29 is 0 Å². The minimum absolute atomic E-state index is 0.160. The molecule has 1 saturated carbocycles. The van der Waals surface area contributed by atoms with Crippen molar-refractivity contribution in [1.82, 2.24) is 14.4 Å². The summed E-state index contributed by atoms with van der Waals surface area (Å²) in [6.07, 6.45) is 11.2. The predicted octanol–water partition coefficient (Wildman–Crippen LogP) is 5.32. The Labute approximate surface area is 173 Å². The van der Waals surface area contributed by atoms with Gasteiger partial charge >= 0.3 is 0 Å². The highest BCUT2D eigenvalue weighted by Gasteiger charge is 2.41. The quantitative estimate of drug-likeness (QED) is 0.633. The molecule has 5 rings (SSSR count). The molecule has 0 bridgehead atoms. The van der Waals surface area contributed by atoms with Crippen LogP contribution < -0.4 is 4.90 Å². The third-order valence-electron chi connectivity index (χ3n) is 6.12. The number of halogens is 1. The summed E-state index contributed by atoms with van der Waals surface area (Å²) in [7, 11) is 0. The zero-order chi connectivity index (χ0) is 19.1. The first-order valence-corrected chi connectivity index (χ1v) is 10.9. The van der Waals surface area contributed by atoms with E-state index in [1.807, 2.05) is 42.9 Å². The Bertz CT molecular complexity index is 1040. The zero-order valence-corrected chi connectivity index (χ0v) is 17.1. The summed E-state index contributed by atoms with van der Waals surface area (Å²) in [5, 5.41) is 9.09. The smallest absolute Gasteiger partial charge is 0.211 e. The molecule has 2 aromatic heterocycles. The van der Waals surface area contributed by atoms with Crippen molar-refractivity contribution in [3.05, 3.63) is 47.9 Å². The molecule has 3 aromatic rings. The molecular weight excluding hydrogens is 390 g/mol. The van der Waals surface area contributed by atoms with E-state index >= 15 is 0 Å². The average Bonchev–Trinajstić information content (AvgIpc) is 3.31. The van der Waals surface area contributed by atoms with Crippen LogP contribution in [0, 0.1) is 10.8 Å². The van der Waals surface area contributed by atoms with Crippen molar-refractivity contribution >= 4 is 40.7 Å². The Kier molecular flexibility index (Phi) is 4.56. The maximum atomic E-state index is 8.36. The molecule has 1 spiro atoms. The van der Waals surface area contributed by atoms with Crippen LogP contribution in [0.4, 0.5) is 5.95 Å². The topological polar surface area (TPSA) is 57.3 Å². The van der Waals surface area contributed by atoms with E-state index in [1.54, 1.807) is 11.8 Å². The second kappa shape index (κ2) is 7.08. The highest BCUT2D eigenvalue weighted by molar-refractivity contribution is 7.99. The zero-order valence-electron chi connectivity index (χ0n) is 15.6. The Morgan fingerprint density at radius 2 is 2.00 bits per heavy atom. The summed E-state index contributed by atoms with van der Waals surface area (Å²) < 4.78 is 2.09. The van der Waals surface area contributed by atoms with Crippen molar-refractivity contribution in [1.29, 1.82) is 5.41 Å². The lowest BCUT2D eigenvalue weighted by molar-refractivity contribution is 0.316. The second-order valence-electron chi connectivity index (χ2n) is 7.70. The van der Waals surface area contributed by atoms with Gasteiger partial charge in [0.25, 0.3) is 0 Å². The van der Waals surface area contributed by atoms with Crippen LogP contribution >= 0.6 is 23.4 Å². The number of aromatic nitrogens is 3. The fraction of sp³-hybridized carbons (Fsp3) is 0.381. The van der Waals surface area contributed by atoms with Gasteiger partial charge in [0.2, 0.25) is 5.95 Å². The first-order chi connectivity index (χ1) is 13.6. The summed E-state index contributed by atoms with van der Waals surface area (Å²) in [6.45, 7) is 1.90. The molecule has 0 unspecified atom stereocenters. The van der Waals surface area contributed by atoms with E-state index in [4.69, 9.17) is 22.0 Å². The van der Waals surface area contributed by atoms with Gasteiger partial charge in [-0.15, -0.1) is 0 Å². The molecule has 5 nitrogen and oxygen atoms in total. The molecule has 7 heteroatoms. The van der Waals surface area contributed by atoms with Gasteiger partial charge in [0.1, 0.15) is 0 Å². The molecule has 3 heterocycles. The SMILES string of the molecule is N=C1CCCC12CCN(c1ncc(Sc3cccc(Cl)c3)c3nccn13)CC2. The number of piperidine rings is 1. The van der Waals surface area contributed by atoms with E-state index in [0.717, 1.165) is 64.5 Å². The first kappa shape index (κ1) is 18.0. The van der Waals surface area contributed by atoms with Gasteiger partial charge in [0.05, 0.1) is 4.90 Å². The third-order valence-corrected chi connectivity index (χ3v) is 7.36. The Morgan fingerprint density at radius 3 is 2.75 bits per heavy atom. The summed E-state index contributed by atoms with van der Waals surface area (Å²) in [5.74, 6) is 0.947. The fourth-order valence-corrected chi connectivity index (χ4v) is 5.74. The van der Waals surface area contributed by atoms with Gasteiger partial charge in [0.15, 0.2) is 5.65 Å². The molecule has 1 aliphatic carbocycles. The number of hydrogen-bond acceptors (Lipinski definition) is 5. The summed E-state index contributed by atoms with van der Waals surface area (Å²) >= 11 is 7.75. The lowest BCUT2D eigenvalue weighted by atomic mass is 9.76. The molecule has 28 heavy (non-hydrogen) atoms. The van der Waals surface area contributed by atoms with E-state index < -0.39 is 0 Å². The van der Waals surface area contributed by atoms with Gasteiger partial charge in [-0.1, -0.05) is 29.4 Å². The number of rotatable bonds is 3. The lowest BCUT2D eigenvalue weighted by Gasteiger charge is -2.40. The summed E-state index contributed by atoms with van der Waals surface area (Å²) in [4.78, 5) is 13.8. The minimum atomic E-state index is 0.160. The first-order valence-electron chi connectivity index (χ1n) is 9.73. The van der Waals surface area contributed by atoms with E-state index in [2.05, 4.69) is 14.3 Å². The van der Waals surface area contributed by atoms with Crippen LogP contribution in [-0.4, -0.2) is 33.2 Å². The number of nitrogens with one attached hydrogen (secondary N) is 1. The number of hydrogen-bond donors (Lipinski definition) is 1. The Balaban J connectivity index is 1.41. The highest BCUT2D eigenvalue weighted by atomic mass is 35.5. The second-order valence-corrected chi connectivity index (χ2v) is 9.25. The highest BCUT2D eigenvalue weighted by Crippen LogP contribution is 2.44. The number of anilines is 1. The molecule has 144 valence electrons. The Morgan fingerprint density at radius 1 is 1.14 bits per heavy atom. The Hall–Kier alpha value is -2.05. The molecule has 1 aromatic carbocycles. The van der Waals surface area contributed by atoms with E-state index in [9.17, 15) is 0 Å². The molecule has 0 atom stereocenters. The number of imidazole rings is 1. The standard InChI is InChI=1S/C21H22ClN5S/c22-15-3-1-4-16(13-15)28-17-14-25-20(27-12-9-24-19(17)27)26-10-7-21(8-11-26)6-2-5-18(21)23/h1,3-4,9,12-14,23H,2,5-8,10-11H2. The molecule has 0 amide bonds. The van der Waals surface area contributed by atoms with Crippen LogP contribution in [0.2, 0.25) is 5.02 Å². The molecule has 2 fully saturated rings. The number of nitrogens with zero attached hydrogens (tertiary/aromatic N) is 4. The van der Waals surface area contributed by atoms with Crippen LogP contribution in [-0.2, 0) is 0 Å². The summed E-state index contributed by atoms with van der Waals surface area (Å²) in [6, 6.07) is 7.84. The van der Waals surface area contributed by atoms with Crippen molar-refractivity contribution in [3.8, 4) is 0 Å². The normalized spacial score (nSPS) is 19.0. The van der Waals surface area contributed by atoms with Gasteiger partial charge < -0.3 is 10.3 Å². The third kappa shape index (κ3) is 3.08. The lowest BCUT2D eigenvalue weighted by Crippen LogP contribution is -2.43. The molecular formula is C21H22ClN5S. The predicted molar refractivity (Wildman–Crippen MR) is 114 cm³/mol. The van der Waals surface area contributed by atoms with Crippen molar-refractivity contribution in [2.24, 2.45) is 5.41 Å². The van der Waals surface area contributed by atoms with Gasteiger partial charge in [-0.25, -0.2) is 9.97 Å². The van der Waals surface area contributed by atoms with E-state index in [1.165, 1.54) is 12.8 Å². The van der Waals surface area contributed by atoms with E-state index in [0.29, 0.717) is 0 Å². The molecule has 2 aliphatic rings. The maximum Gasteiger partial charge on any atom is 0.211 e. The van der Waals surface area contributed by atoms with Gasteiger partial charge in [-0.05, 0) is 50.3 Å². The average molecular weight is 412 g/mol. The van der Waals surface area contributed by atoms with Crippen molar-refractivity contribution in [2.45, 2.75) is 41.9 Å². The molecule has 1 aliphatic heterocycles. The van der Waals surface area contributed by atoms with Gasteiger partial charge in [0, 0.05) is 52.7 Å². The van der Waals surface area contributed by atoms with Gasteiger partial charge in [-0.3, -0.25) is 4.40 Å². The molecule has 0 radical (unpaired) electrons. The molecule has 1 N–H and O–H groups in total. The largest absolute Gasteiger partial charge is 0.342 e. The van der Waals surface area contributed by atoms with Crippen LogP contribution in [0.25, 0.3) is 5.65 Å². The number of benzene rings is 1. The van der Waals surface area contributed by atoms with E-state index in [-0.39, 0.29) is 5.41 Å². The maximum absolute atomic E-state index is 8.36. The molecule has 1 saturated heterocycles. The van der Waals surface area contributed by atoms with Crippen LogP contribution in [0.3, 0.4) is 0 Å². The summed E-state index contributed by atoms with van der Waals surface area (Å²) in [5.41, 5.74) is 2.05. The monoisotopic (exact) mass is 411 g/mol. The number of fused-ring (bicyclic) bond motifs is 1. The fourth-order valence-electron chi connectivity index (χ4n) is 4.55. The van der Waals surface area contributed by atoms with Gasteiger partial charge in [-0.2, -0.15) is 0 Å².